The maximum Gasteiger partial charge on any atom is 0.244 e. The van der Waals surface area contributed by atoms with Gasteiger partial charge in [0.05, 0.1) is 17.4 Å². The molecule has 0 spiro atoms. The normalized spacial score (nSPS) is 19.6. The number of likely N-dealkylation sites (tertiary alicyclic amines) is 1. The van der Waals surface area contributed by atoms with E-state index in [0.29, 0.717) is 50.4 Å². The standard InChI is InChI=1S/C38H47N7O4/c1-5-38(14-17-44(18-15-38)36(48)24(2)40-4)37(49)45(22-27-10-7-6-9-26(27)21-39-3)23-32(46)42-28-13-12-25-19-31-29-11-8-16-41-34(29)43-35(47)33(31)30(25)20-28/h6-13,16,20,24,31,33,39-40H,5,14-15,17-19,21-23H2,1-4H3,(H,42,46)(H,41,43,47)/t24-,31-,33?/m1/s1. The number of nitrogens with one attached hydrogen (secondary N) is 4. The summed E-state index contributed by atoms with van der Waals surface area (Å²) >= 11 is 0. The van der Waals surface area contributed by atoms with Crippen LogP contribution in [0.25, 0.3) is 0 Å². The monoisotopic (exact) mass is 665 g/mol. The molecule has 1 unspecified atom stereocenters. The number of amides is 4. The molecule has 0 bridgehead atoms. The summed E-state index contributed by atoms with van der Waals surface area (Å²) in [5.74, 6) is -0.177. The molecule has 258 valence electrons. The highest BCUT2D eigenvalue weighted by Crippen LogP contribution is 2.49. The summed E-state index contributed by atoms with van der Waals surface area (Å²) in [5, 5.41) is 12.2. The van der Waals surface area contributed by atoms with Gasteiger partial charge in [-0.25, -0.2) is 4.98 Å². The van der Waals surface area contributed by atoms with Crippen molar-refractivity contribution in [3.63, 3.8) is 0 Å². The number of piperidine rings is 1. The first-order chi connectivity index (χ1) is 23.7. The summed E-state index contributed by atoms with van der Waals surface area (Å²) in [7, 11) is 3.65. The van der Waals surface area contributed by atoms with Crippen LogP contribution in [0.1, 0.15) is 72.8 Å². The van der Waals surface area contributed by atoms with Crippen molar-refractivity contribution in [2.45, 2.75) is 70.5 Å². The smallest absolute Gasteiger partial charge is 0.244 e. The Morgan fingerprint density at radius 2 is 1.80 bits per heavy atom. The Morgan fingerprint density at radius 1 is 1.04 bits per heavy atom. The van der Waals surface area contributed by atoms with Gasteiger partial charge < -0.3 is 31.1 Å². The quantitative estimate of drug-likeness (QED) is 0.245. The van der Waals surface area contributed by atoms with Gasteiger partial charge in [-0.3, -0.25) is 19.2 Å². The minimum atomic E-state index is -0.681. The molecule has 4 N–H and O–H groups in total. The summed E-state index contributed by atoms with van der Waals surface area (Å²) in [4.78, 5) is 62.4. The van der Waals surface area contributed by atoms with Crippen molar-refractivity contribution < 1.29 is 19.2 Å². The molecule has 3 aliphatic rings. The summed E-state index contributed by atoms with van der Waals surface area (Å²) in [5.41, 5.74) is 4.96. The number of carbonyl (C=O) groups excluding carboxylic acids is 4. The average molecular weight is 666 g/mol. The van der Waals surface area contributed by atoms with Gasteiger partial charge in [0, 0.05) is 44.0 Å². The molecular formula is C38H47N7O4. The molecule has 1 saturated heterocycles. The molecular weight excluding hydrogens is 618 g/mol. The maximum absolute atomic E-state index is 14.6. The first kappa shape index (κ1) is 34.3. The molecule has 1 aliphatic carbocycles. The highest BCUT2D eigenvalue weighted by atomic mass is 16.2. The highest BCUT2D eigenvalue weighted by molar-refractivity contribution is 6.01. The first-order valence-electron chi connectivity index (χ1n) is 17.3. The molecule has 4 amide bonds. The van der Waals surface area contributed by atoms with Crippen molar-refractivity contribution in [2.24, 2.45) is 5.41 Å². The molecule has 1 aromatic heterocycles. The Hall–Kier alpha value is -4.61. The van der Waals surface area contributed by atoms with Crippen LogP contribution in [-0.2, 0) is 38.7 Å². The van der Waals surface area contributed by atoms with Crippen LogP contribution >= 0.6 is 0 Å². The number of hydrogen-bond donors (Lipinski definition) is 4. The Morgan fingerprint density at radius 3 is 2.51 bits per heavy atom. The van der Waals surface area contributed by atoms with Crippen LogP contribution in [0.4, 0.5) is 11.5 Å². The van der Waals surface area contributed by atoms with E-state index < -0.39 is 5.41 Å². The number of fused-ring (bicyclic) bond motifs is 5. The van der Waals surface area contributed by atoms with Crippen molar-refractivity contribution in [3.05, 3.63) is 88.6 Å². The average Bonchev–Trinajstić information content (AvgIpc) is 3.51. The molecule has 2 aliphatic heterocycles. The van der Waals surface area contributed by atoms with E-state index in [9.17, 15) is 19.2 Å². The number of carbonyl (C=O) groups is 4. The topological polar surface area (TPSA) is 136 Å². The van der Waals surface area contributed by atoms with E-state index in [1.807, 2.05) is 80.4 Å². The third-order valence-corrected chi connectivity index (χ3v) is 10.8. The minimum Gasteiger partial charge on any atom is -0.341 e. The SMILES string of the molecule is CCC1(C(=O)N(CC(=O)Nc2ccc3c(c2)C2C(=O)Nc4ncccc4[C@H]2C3)Cc2ccccc2CNC)CCN(C(=O)[C@@H](C)NC)CC1. The van der Waals surface area contributed by atoms with E-state index in [-0.39, 0.29) is 54.6 Å². The Bertz CT molecular complexity index is 1730. The number of hydrogen-bond acceptors (Lipinski definition) is 7. The lowest BCUT2D eigenvalue weighted by Gasteiger charge is -2.43. The summed E-state index contributed by atoms with van der Waals surface area (Å²) in [6.07, 6.45) is 4.09. The molecule has 1 fully saturated rings. The van der Waals surface area contributed by atoms with E-state index in [2.05, 4.69) is 26.3 Å². The van der Waals surface area contributed by atoms with Crippen LogP contribution in [0.2, 0.25) is 0 Å². The minimum absolute atomic E-state index is 0.00224. The van der Waals surface area contributed by atoms with E-state index >= 15 is 0 Å². The number of likely N-dealkylation sites (N-methyl/N-ethyl adjacent to an activating group) is 1. The molecule has 11 nitrogen and oxygen atoms in total. The summed E-state index contributed by atoms with van der Waals surface area (Å²) in [6, 6.07) is 17.3. The Kier molecular flexibility index (Phi) is 10.1. The molecule has 6 rings (SSSR count). The second kappa shape index (κ2) is 14.5. The number of aromatic nitrogens is 1. The molecule has 2 aromatic carbocycles. The maximum atomic E-state index is 14.6. The van der Waals surface area contributed by atoms with E-state index in [1.165, 1.54) is 0 Å². The third-order valence-electron chi connectivity index (χ3n) is 10.8. The molecule has 3 atom stereocenters. The molecule has 3 aromatic rings. The van der Waals surface area contributed by atoms with Crippen molar-refractivity contribution in [1.82, 2.24) is 25.4 Å². The lowest BCUT2D eigenvalue weighted by molar-refractivity contribution is -0.150. The van der Waals surface area contributed by atoms with Crippen molar-refractivity contribution in [1.29, 1.82) is 0 Å². The fraction of sp³-hybridized carbons (Fsp3) is 0.447. The van der Waals surface area contributed by atoms with Gasteiger partial charge in [-0.1, -0.05) is 43.3 Å². The van der Waals surface area contributed by atoms with Gasteiger partial charge in [0.15, 0.2) is 0 Å². The van der Waals surface area contributed by atoms with Crippen molar-refractivity contribution in [2.75, 3.05) is 44.4 Å². The number of anilines is 2. The zero-order valence-electron chi connectivity index (χ0n) is 28.8. The lowest BCUT2D eigenvalue weighted by Crippen LogP contribution is -2.54. The molecule has 49 heavy (non-hydrogen) atoms. The summed E-state index contributed by atoms with van der Waals surface area (Å²) in [6.45, 7) is 5.64. The highest BCUT2D eigenvalue weighted by Gasteiger charge is 2.45. The van der Waals surface area contributed by atoms with E-state index in [4.69, 9.17) is 0 Å². The van der Waals surface area contributed by atoms with Gasteiger partial charge in [0.2, 0.25) is 23.6 Å². The third kappa shape index (κ3) is 6.82. The van der Waals surface area contributed by atoms with Crippen LogP contribution in [-0.4, -0.2) is 78.2 Å². The Balaban J connectivity index is 1.22. The van der Waals surface area contributed by atoms with Gasteiger partial charge in [0.1, 0.15) is 12.4 Å². The summed E-state index contributed by atoms with van der Waals surface area (Å²) < 4.78 is 0. The number of nitrogens with zero attached hydrogens (tertiary/aromatic N) is 3. The Labute approximate surface area is 288 Å². The second-order valence-electron chi connectivity index (χ2n) is 13.6. The molecule has 0 radical (unpaired) electrons. The predicted molar refractivity (Wildman–Crippen MR) is 189 cm³/mol. The van der Waals surface area contributed by atoms with Crippen LogP contribution in [0, 0.1) is 5.41 Å². The van der Waals surface area contributed by atoms with Gasteiger partial charge in [-0.15, -0.1) is 0 Å². The van der Waals surface area contributed by atoms with Crippen molar-refractivity contribution in [3.8, 4) is 0 Å². The predicted octanol–water partition coefficient (Wildman–Crippen LogP) is 3.77. The van der Waals surface area contributed by atoms with Gasteiger partial charge in [-0.2, -0.15) is 0 Å². The van der Waals surface area contributed by atoms with Crippen LogP contribution in [0.3, 0.4) is 0 Å². The van der Waals surface area contributed by atoms with Gasteiger partial charge in [0.25, 0.3) is 0 Å². The fourth-order valence-corrected chi connectivity index (χ4v) is 7.81. The number of benzene rings is 2. The lowest BCUT2D eigenvalue weighted by atomic mass is 9.74. The van der Waals surface area contributed by atoms with E-state index in [1.54, 1.807) is 18.1 Å². The second-order valence-corrected chi connectivity index (χ2v) is 13.6. The van der Waals surface area contributed by atoms with Crippen LogP contribution in [0.5, 0.6) is 0 Å². The van der Waals surface area contributed by atoms with Crippen LogP contribution in [0.15, 0.2) is 60.8 Å². The first-order valence-corrected chi connectivity index (χ1v) is 17.3. The largest absolute Gasteiger partial charge is 0.341 e. The van der Waals surface area contributed by atoms with Crippen LogP contribution < -0.4 is 21.3 Å². The zero-order valence-corrected chi connectivity index (χ0v) is 28.8. The zero-order chi connectivity index (χ0) is 34.7. The number of pyridine rings is 1. The number of rotatable bonds is 11. The van der Waals surface area contributed by atoms with Gasteiger partial charge >= 0.3 is 0 Å². The molecule has 0 saturated carbocycles. The van der Waals surface area contributed by atoms with Crippen molar-refractivity contribution >= 4 is 35.1 Å². The van der Waals surface area contributed by atoms with Gasteiger partial charge in [-0.05, 0) is 92.7 Å². The fourth-order valence-electron chi connectivity index (χ4n) is 7.81. The van der Waals surface area contributed by atoms with E-state index in [0.717, 1.165) is 34.2 Å². The molecule has 3 heterocycles. The molecule has 11 heteroatoms.